The lowest BCUT2D eigenvalue weighted by Crippen LogP contribution is -2.46. The van der Waals surface area contributed by atoms with Crippen LogP contribution in [0.15, 0.2) is 23.3 Å². The van der Waals surface area contributed by atoms with Crippen LogP contribution in [0, 0.1) is 0 Å². The number of aliphatic hydroxyl groups is 1. The molecule has 0 amide bonds. The van der Waals surface area contributed by atoms with Crippen molar-refractivity contribution >= 4 is 5.97 Å². The van der Waals surface area contributed by atoms with Gasteiger partial charge in [0.05, 0.1) is 12.7 Å². The molecular formula is C19H35NO3. The molecule has 4 nitrogen and oxygen atoms in total. The van der Waals surface area contributed by atoms with Crippen LogP contribution in [0.2, 0.25) is 0 Å². The minimum atomic E-state index is -0.685. The van der Waals surface area contributed by atoms with Gasteiger partial charge >= 0.3 is 5.97 Å². The van der Waals surface area contributed by atoms with Gasteiger partial charge in [-0.3, -0.25) is 9.69 Å². The highest BCUT2D eigenvalue weighted by Gasteiger charge is 2.28. The Morgan fingerprint density at radius 2 is 1.83 bits per heavy atom. The molecule has 0 aromatic heterocycles. The first kappa shape index (κ1) is 21.9. The number of nitrogens with zero attached hydrogens (tertiary/aromatic N) is 1. The zero-order valence-corrected chi connectivity index (χ0v) is 15.8. The van der Waals surface area contributed by atoms with Crippen molar-refractivity contribution in [1.82, 2.24) is 4.90 Å². The summed E-state index contributed by atoms with van der Waals surface area (Å²) >= 11 is 0. The number of carbonyl (C=O) groups is 1. The highest BCUT2D eigenvalue weighted by molar-refractivity contribution is 5.76. The third kappa shape index (κ3) is 10.3. The summed E-state index contributed by atoms with van der Waals surface area (Å²) in [6, 6.07) is -0.582. The highest BCUT2D eigenvalue weighted by Crippen LogP contribution is 2.10. The number of ether oxygens (including phenoxy) is 1. The molecule has 1 N–H and O–H groups in total. The second-order valence-corrected chi connectivity index (χ2v) is 6.56. The van der Waals surface area contributed by atoms with Gasteiger partial charge in [-0.1, -0.05) is 30.2 Å². The number of rotatable bonds is 11. The lowest BCUT2D eigenvalue weighted by molar-refractivity contribution is -0.153. The van der Waals surface area contributed by atoms with Crippen LogP contribution in [-0.2, 0) is 9.53 Å². The van der Waals surface area contributed by atoms with Crippen LogP contribution >= 0.6 is 0 Å². The molecular weight excluding hydrogens is 290 g/mol. The van der Waals surface area contributed by atoms with Gasteiger partial charge in [0, 0.05) is 0 Å². The summed E-state index contributed by atoms with van der Waals surface area (Å²) in [4.78, 5) is 13.8. The van der Waals surface area contributed by atoms with Gasteiger partial charge in [-0.2, -0.15) is 0 Å². The van der Waals surface area contributed by atoms with Gasteiger partial charge in [0.25, 0.3) is 0 Å². The number of unbranched alkanes of at least 4 members (excludes halogenated alkanes) is 1. The van der Waals surface area contributed by atoms with E-state index in [0.29, 0.717) is 13.0 Å². The summed E-state index contributed by atoms with van der Waals surface area (Å²) < 4.78 is 5.30. The fourth-order valence-corrected chi connectivity index (χ4v) is 2.32. The van der Waals surface area contributed by atoms with Gasteiger partial charge in [0.15, 0.2) is 0 Å². The monoisotopic (exact) mass is 325 g/mol. The van der Waals surface area contributed by atoms with Crippen LogP contribution < -0.4 is 0 Å². The van der Waals surface area contributed by atoms with Crippen LogP contribution in [0.1, 0.15) is 59.8 Å². The zero-order chi connectivity index (χ0) is 17.8. The Kier molecular flexibility index (Phi) is 11.7. The maximum Gasteiger partial charge on any atom is 0.326 e. The van der Waals surface area contributed by atoms with E-state index in [-0.39, 0.29) is 5.97 Å². The Morgan fingerprint density at radius 3 is 2.35 bits per heavy atom. The molecule has 0 saturated carbocycles. The predicted octanol–water partition coefficient (Wildman–Crippen LogP) is 3.70. The van der Waals surface area contributed by atoms with E-state index in [1.807, 2.05) is 6.92 Å². The van der Waals surface area contributed by atoms with E-state index in [2.05, 4.69) is 32.9 Å². The van der Waals surface area contributed by atoms with Crippen molar-refractivity contribution < 1.29 is 14.6 Å². The summed E-state index contributed by atoms with van der Waals surface area (Å²) in [5.41, 5.74) is 2.73. The lowest BCUT2D eigenvalue weighted by atomic mass is 10.1. The van der Waals surface area contributed by atoms with Crippen molar-refractivity contribution in [3.63, 3.8) is 0 Å². The van der Waals surface area contributed by atoms with E-state index in [4.69, 9.17) is 4.74 Å². The van der Waals surface area contributed by atoms with Crippen LogP contribution in [0.25, 0.3) is 0 Å². The van der Waals surface area contributed by atoms with Crippen LogP contribution in [0.5, 0.6) is 0 Å². The van der Waals surface area contributed by atoms with Gasteiger partial charge in [-0.25, -0.2) is 0 Å². The number of allylic oxidation sites excluding steroid dienone is 4. The fourth-order valence-electron chi connectivity index (χ4n) is 2.32. The Bertz CT molecular complexity index is 395. The largest absolute Gasteiger partial charge is 0.464 e. The van der Waals surface area contributed by atoms with E-state index in [1.54, 1.807) is 19.0 Å². The second-order valence-electron chi connectivity index (χ2n) is 6.56. The molecule has 0 aliphatic rings. The third-order valence-electron chi connectivity index (χ3n) is 3.76. The zero-order valence-electron chi connectivity index (χ0n) is 15.8. The normalized spacial score (nSPS) is 14.5. The molecule has 0 aliphatic heterocycles. The Balaban J connectivity index is 4.06. The minimum Gasteiger partial charge on any atom is -0.464 e. The molecule has 2 unspecified atom stereocenters. The molecule has 0 radical (unpaired) electrons. The Morgan fingerprint density at radius 1 is 1.17 bits per heavy atom. The molecule has 4 heteroatoms. The van der Waals surface area contributed by atoms with Crippen LogP contribution in [-0.4, -0.2) is 48.8 Å². The molecule has 0 rings (SSSR count). The summed E-state index contributed by atoms with van der Waals surface area (Å²) in [5, 5.41) is 9.90. The molecule has 0 aliphatic carbocycles. The lowest BCUT2D eigenvalue weighted by Gasteiger charge is -2.26. The number of likely N-dealkylation sites (N-methyl/N-ethyl adjacent to an activating group) is 1. The van der Waals surface area contributed by atoms with Crippen molar-refractivity contribution in [2.24, 2.45) is 0 Å². The first-order valence-electron chi connectivity index (χ1n) is 8.59. The van der Waals surface area contributed by atoms with Crippen LogP contribution in [0.3, 0.4) is 0 Å². The summed E-state index contributed by atoms with van der Waals surface area (Å²) in [6.07, 6.45) is 8.21. The summed E-state index contributed by atoms with van der Waals surface area (Å²) in [6.45, 7) is 8.63. The molecule has 2 atom stereocenters. The number of hydrogen-bond acceptors (Lipinski definition) is 4. The van der Waals surface area contributed by atoms with Gasteiger partial charge < -0.3 is 9.84 Å². The third-order valence-corrected chi connectivity index (χ3v) is 3.76. The minimum absolute atomic E-state index is 0.339. The van der Waals surface area contributed by atoms with Crippen molar-refractivity contribution in [2.75, 3.05) is 20.7 Å². The van der Waals surface area contributed by atoms with Gasteiger partial charge in [-0.15, -0.1) is 0 Å². The summed E-state index contributed by atoms with van der Waals surface area (Å²) in [5.74, 6) is -0.339. The molecule has 0 heterocycles. The first-order chi connectivity index (χ1) is 10.8. The average Bonchev–Trinajstić information content (AvgIpc) is 2.45. The Hall–Kier alpha value is -1.13. The fraction of sp³-hybridized carbons (Fsp3) is 0.737. The quantitative estimate of drug-likeness (QED) is 0.357. The van der Waals surface area contributed by atoms with Gasteiger partial charge in [0.1, 0.15) is 6.04 Å². The number of esters is 1. The maximum atomic E-state index is 12.0. The Labute approximate surface area is 142 Å². The molecule has 0 aromatic carbocycles. The number of aliphatic hydroxyl groups excluding tert-OH is 1. The van der Waals surface area contributed by atoms with Gasteiger partial charge in [0.2, 0.25) is 0 Å². The van der Waals surface area contributed by atoms with Crippen molar-refractivity contribution in [3.8, 4) is 0 Å². The smallest absolute Gasteiger partial charge is 0.326 e. The molecule has 23 heavy (non-hydrogen) atoms. The topological polar surface area (TPSA) is 49.8 Å². The van der Waals surface area contributed by atoms with Crippen LogP contribution in [0.4, 0.5) is 0 Å². The number of carbonyl (C=O) groups excluding carboxylic acids is 1. The maximum absolute atomic E-state index is 12.0. The van der Waals surface area contributed by atoms with Gasteiger partial charge in [-0.05, 0) is 67.0 Å². The van der Waals surface area contributed by atoms with E-state index >= 15 is 0 Å². The van der Waals surface area contributed by atoms with E-state index in [9.17, 15) is 9.90 Å². The van der Waals surface area contributed by atoms with E-state index in [1.165, 1.54) is 11.1 Å². The highest BCUT2D eigenvalue weighted by atomic mass is 16.5. The second kappa shape index (κ2) is 12.3. The van der Waals surface area contributed by atoms with Crippen molar-refractivity contribution in [1.29, 1.82) is 0 Å². The predicted molar refractivity (Wildman–Crippen MR) is 96.4 cm³/mol. The molecule has 0 aromatic rings. The van der Waals surface area contributed by atoms with Crippen molar-refractivity contribution in [2.45, 2.75) is 71.9 Å². The first-order valence-corrected chi connectivity index (χ1v) is 8.59. The molecule has 0 bridgehead atoms. The molecule has 0 spiro atoms. The SMILES string of the molecule is CCC(O)C(C(=O)OCCCC=C(C)CCC=C(C)C)N(C)C. The molecule has 0 saturated heterocycles. The molecule has 0 fully saturated rings. The molecule has 134 valence electrons. The standard InChI is InChI=1S/C19H35NO3/c1-7-17(21)18(20(5)6)19(22)23-14-9-8-12-16(4)13-10-11-15(2)3/h11-12,17-18,21H,7-10,13-14H2,1-6H3. The number of hydrogen-bond donors (Lipinski definition) is 1. The van der Waals surface area contributed by atoms with E-state index < -0.39 is 12.1 Å². The van der Waals surface area contributed by atoms with Crippen molar-refractivity contribution in [3.05, 3.63) is 23.3 Å². The van der Waals surface area contributed by atoms with E-state index in [0.717, 1.165) is 25.7 Å². The average molecular weight is 325 g/mol. The summed E-state index contributed by atoms with van der Waals surface area (Å²) in [7, 11) is 3.56.